The topological polar surface area (TPSA) is 53.2 Å². The maximum absolute atomic E-state index is 12.7. The summed E-state index contributed by atoms with van der Waals surface area (Å²) in [6.45, 7) is 1.65. The minimum atomic E-state index is -0.487. The van der Waals surface area contributed by atoms with Gasteiger partial charge in [0.05, 0.1) is 0 Å². The summed E-state index contributed by atoms with van der Waals surface area (Å²) >= 11 is 5.88. The number of amides is 1. The molecule has 4 nitrogen and oxygen atoms in total. The van der Waals surface area contributed by atoms with E-state index in [0.29, 0.717) is 11.4 Å². The number of aryl methyl sites for hydroxylation is 1. The van der Waals surface area contributed by atoms with Gasteiger partial charge in [0.25, 0.3) is 5.91 Å². The van der Waals surface area contributed by atoms with Crippen molar-refractivity contribution in [1.29, 1.82) is 0 Å². The Labute approximate surface area is 114 Å². The van der Waals surface area contributed by atoms with E-state index < -0.39 is 5.91 Å². The monoisotopic (exact) mass is 281 g/mol. The third-order valence-electron chi connectivity index (χ3n) is 2.58. The van der Waals surface area contributed by atoms with Crippen LogP contribution in [0.5, 0.6) is 0 Å². The predicted molar refractivity (Wildman–Crippen MR) is 67.9 cm³/mol. The van der Waals surface area contributed by atoms with Gasteiger partial charge in [-0.2, -0.15) is 0 Å². The van der Waals surface area contributed by atoms with Crippen molar-refractivity contribution in [3.05, 3.63) is 58.6 Å². The zero-order valence-electron chi connectivity index (χ0n) is 10.0. The first-order valence-electron chi connectivity index (χ1n) is 5.46. The van der Waals surface area contributed by atoms with Gasteiger partial charge in [0.1, 0.15) is 11.4 Å². The predicted octanol–water partition coefficient (Wildman–Crippen LogP) is 2.56. The van der Waals surface area contributed by atoms with Crippen molar-refractivity contribution >= 4 is 23.2 Å². The molecule has 0 saturated heterocycles. The molecule has 6 heteroatoms. The SMILES string of the molecule is Cc1ccc(C(=O)Nc2ccc(F)cc2)c(Cl)[n+]1O. The van der Waals surface area contributed by atoms with E-state index in [1.165, 1.54) is 30.3 Å². The first-order valence-corrected chi connectivity index (χ1v) is 5.84. The number of benzene rings is 1. The number of nitrogens with zero attached hydrogens (tertiary/aromatic N) is 1. The Balaban J connectivity index is 2.25. The molecule has 0 radical (unpaired) electrons. The van der Waals surface area contributed by atoms with Crippen LogP contribution in [-0.4, -0.2) is 11.1 Å². The van der Waals surface area contributed by atoms with Gasteiger partial charge >= 0.3 is 5.15 Å². The highest BCUT2D eigenvalue weighted by molar-refractivity contribution is 6.32. The van der Waals surface area contributed by atoms with E-state index in [9.17, 15) is 14.4 Å². The Morgan fingerprint density at radius 2 is 1.89 bits per heavy atom. The van der Waals surface area contributed by atoms with Crippen LogP contribution in [0.4, 0.5) is 10.1 Å². The number of anilines is 1. The van der Waals surface area contributed by atoms with Crippen molar-refractivity contribution in [2.45, 2.75) is 6.92 Å². The quantitative estimate of drug-likeness (QED) is 0.505. The van der Waals surface area contributed by atoms with Crippen LogP contribution in [0.15, 0.2) is 36.4 Å². The highest BCUT2D eigenvalue weighted by Gasteiger charge is 2.22. The molecular formula is C13H11ClFN2O2+. The molecule has 1 amide bonds. The summed E-state index contributed by atoms with van der Waals surface area (Å²) < 4.78 is 13.5. The van der Waals surface area contributed by atoms with Crippen LogP contribution >= 0.6 is 11.6 Å². The average molecular weight is 282 g/mol. The molecule has 19 heavy (non-hydrogen) atoms. The Kier molecular flexibility index (Phi) is 3.66. The highest BCUT2D eigenvalue weighted by Crippen LogP contribution is 2.15. The molecule has 0 unspecified atom stereocenters. The van der Waals surface area contributed by atoms with Crippen LogP contribution < -0.4 is 10.0 Å². The Hall–Kier alpha value is -2.14. The molecule has 98 valence electrons. The van der Waals surface area contributed by atoms with Gasteiger partial charge in [-0.1, -0.05) is 0 Å². The summed E-state index contributed by atoms with van der Waals surface area (Å²) in [5.74, 6) is -0.876. The van der Waals surface area contributed by atoms with Crippen molar-refractivity contribution in [2.24, 2.45) is 0 Å². The minimum Gasteiger partial charge on any atom is -0.322 e. The second kappa shape index (κ2) is 5.24. The number of rotatable bonds is 2. The van der Waals surface area contributed by atoms with E-state index in [1.807, 2.05) is 0 Å². The molecule has 0 aliphatic carbocycles. The number of nitrogens with one attached hydrogen (secondary N) is 1. The van der Waals surface area contributed by atoms with E-state index in [0.717, 1.165) is 4.73 Å². The summed E-state index contributed by atoms with van der Waals surface area (Å²) in [5.41, 5.74) is 1.06. The number of pyridine rings is 1. The zero-order valence-corrected chi connectivity index (χ0v) is 10.8. The van der Waals surface area contributed by atoms with E-state index in [2.05, 4.69) is 5.32 Å². The fourth-order valence-corrected chi connectivity index (χ4v) is 1.80. The van der Waals surface area contributed by atoms with E-state index in [1.54, 1.807) is 13.0 Å². The Morgan fingerprint density at radius 1 is 1.26 bits per heavy atom. The number of hydrogen-bond donors (Lipinski definition) is 2. The molecule has 0 bridgehead atoms. The molecule has 0 saturated carbocycles. The van der Waals surface area contributed by atoms with Crippen LogP contribution in [0.2, 0.25) is 5.15 Å². The van der Waals surface area contributed by atoms with Crippen molar-refractivity contribution in [3.8, 4) is 0 Å². The summed E-state index contributed by atoms with van der Waals surface area (Å²) in [5, 5.41) is 12.1. The molecule has 0 fully saturated rings. The van der Waals surface area contributed by atoms with Gasteiger partial charge < -0.3 is 5.32 Å². The first kappa shape index (κ1) is 13.3. The van der Waals surface area contributed by atoms with E-state index in [-0.39, 0.29) is 16.5 Å². The molecule has 0 atom stereocenters. The standard InChI is InChI=1S/C13H10ClFN2O2/c1-8-2-7-11(12(14)17(8)19)13(18)16-10-5-3-9(15)4-6-10/h2-7H,1H3,(H-,16,18,19)/p+1. The van der Waals surface area contributed by atoms with E-state index >= 15 is 0 Å². The van der Waals surface area contributed by atoms with Crippen molar-refractivity contribution < 1.29 is 19.1 Å². The maximum Gasteiger partial charge on any atom is 0.338 e. The number of hydrogen-bond acceptors (Lipinski definition) is 2. The number of aromatic nitrogens is 1. The lowest BCUT2D eigenvalue weighted by atomic mass is 10.2. The fourth-order valence-electron chi connectivity index (χ4n) is 1.51. The van der Waals surface area contributed by atoms with Gasteiger partial charge in [-0.25, -0.2) is 4.39 Å². The summed E-state index contributed by atoms with van der Waals surface area (Å²) in [6, 6.07) is 8.40. The third kappa shape index (κ3) is 2.82. The van der Waals surface area contributed by atoms with Crippen LogP contribution in [0.25, 0.3) is 0 Å². The normalized spacial score (nSPS) is 10.3. The lowest BCUT2D eigenvalue weighted by molar-refractivity contribution is -0.907. The van der Waals surface area contributed by atoms with Crippen LogP contribution in [-0.2, 0) is 0 Å². The molecule has 0 aliphatic heterocycles. The van der Waals surface area contributed by atoms with Gasteiger partial charge in [-0.05, 0) is 41.9 Å². The molecule has 1 aromatic carbocycles. The minimum absolute atomic E-state index is 0.0837. The molecular weight excluding hydrogens is 271 g/mol. The lowest BCUT2D eigenvalue weighted by Crippen LogP contribution is -2.37. The molecule has 2 aromatic rings. The third-order valence-corrected chi connectivity index (χ3v) is 2.94. The highest BCUT2D eigenvalue weighted by atomic mass is 35.5. The van der Waals surface area contributed by atoms with Crippen LogP contribution in [0.1, 0.15) is 16.1 Å². The second-order valence-electron chi connectivity index (χ2n) is 3.95. The first-order chi connectivity index (χ1) is 8.99. The zero-order chi connectivity index (χ0) is 14.0. The summed E-state index contributed by atoms with van der Waals surface area (Å²) in [6.07, 6.45) is 0. The molecule has 0 spiro atoms. The second-order valence-corrected chi connectivity index (χ2v) is 4.31. The van der Waals surface area contributed by atoms with Crippen LogP contribution in [0, 0.1) is 12.7 Å². The Bertz CT molecular complexity index is 629. The number of carbonyl (C=O) groups is 1. The van der Waals surface area contributed by atoms with Gasteiger partial charge in [-0.15, -0.1) is 0 Å². The lowest BCUT2D eigenvalue weighted by Gasteiger charge is -2.05. The summed E-state index contributed by atoms with van der Waals surface area (Å²) in [4.78, 5) is 12.0. The van der Waals surface area contributed by atoms with Gasteiger partial charge in [0.15, 0.2) is 0 Å². The van der Waals surface area contributed by atoms with Crippen molar-refractivity contribution in [2.75, 3.05) is 5.32 Å². The maximum atomic E-state index is 12.7. The van der Waals surface area contributed by atoms with Crippen LogP contribution in [0.3, 0.4) is 0 Å². The largest absolute Gasteiger partial charge is 0.338 e. The van der Waals surface area contributed by atoms with Crippen molar-refractivity contribution in [3.63, 3.8) is 0 Å². The molecule has 1 heterocycles. The van der Waals surface area contributed by atoms with E-state index in [4.69, 9.17) is 11.6 Å². The number of carbonyl (C=O) groups excluding carboxylic acids is 1. The average Bonchev–Trinajstić information content (AvgIpc) is 2.39. The fraction of sp³-hybridized carbons (Fsp3) is 0.0769. The molecule has 1 aromatic heterocycles. The van der Waals surface area contributed by atoms with Gasteiger partial charge in [-0.3, -0.25) is 10.0 Å². The Morgan fingerprint density at radius 3 is 2.53 bits per heavy atom. The van der Waals surface area contributed by atoms with Gasteiger partial charge in [0, 0.05) is 23.4 Å². The molecule has 0 aliphatic rings. The van der Waals surface area contributed by atoms with Gasteiger partial charge in [0.2, 0.25) is 5.69 Å². The van der Waals surface area contributed by atoms with Crippen molar-refractivity contribution in [1.82, 2.24) is 0 Å². The smallest absolute Gasteiger partial charge is 0.322 e. The molecule has 2 N–H and O–H groups in total. The summed E-state index contributed by atoms with van der Waals surface area (Å²) in [7, 11) is 0. The number of halogens is 2. The molecule has 2 rings (SSSR count).